The Kier molecular flexibility index (Phi) is 5.37. The van der Waals surface area contributed by atoms with E-state index >= 15 is 0 Å². The number of fused-ring (bicyclic) bond motifs is 1. The first-order chi connectivity index (χ1) is 13.9. The lowest BCUT2D eigenvalue weighted by Gasteiger charge is -2.33. The van der Waals surface area contributed by atoms with Crippen LogP contribution in [0.4, 0.5) is 5.00 Å². The van der Waals surface area contributed by atoms with Crippen LogP contribution in [0.1, 0.15) is 52.2 Å². The molecular formula is C23H25N3O2S. The van der Waals surface area contributed by atoms with E-state index in [0.29, 0.717) is 17.1 Å². The molecule has 1 aliphatic rings. The molecule has 1 aliphatic heterocycles. The Balaban J connectivity index is 1.60. The Morgan fingerprint density at radius 2 is 1.97 bits per heavy atom. The van der Waals surface area contributed by atoms with Crippen LogP contribution in [0.15, 0.2) is 36.5 Å². The Morgan fingerprint density at radius 3 is 2.72 bits per heavy atom. The van der Waals surface area contributed by atoms with Gasteiger partial charge in [0.2, 0.25) is 5.91 Å². The summed E-state index contributed by atoms with van der Waals surface area (Å²) in [5.74, 6) is 0.0693. The molecule has 5 nitrogen and oxygen atoms in total. The molecule has 1 fully saturated rings. The van der Waals surface area contributed by atoms with Crippen LogP contribution in [0.3, 0.4) is 0 Å². The van der Waals surface area contributed by atoms with Gasteiger partial charge in [-0.15, -0.1) is 11.3 Å². The van der Waals surface area contributed by atoms with Crippen molar-refractivity contribution >= 4 is 38.9 Å². The molecule has 1 atom stereocenters. The summed E-state index contributed by atoms with van der Waals surface area (Å²) >= 11 is 1.47. The molecule has 6 heteroatoms. The number of carbonyl (C=O) groups is 2. The number of aryl methyl sites for hydroxylation is 1. The molecule has 2 amide bonds. The van der Waals surface area contributed by atoms with Gasteiger partial charge in [-0.05, 0) is 43.7 Å². The van der Waals surface area contributed by atoms with Gasteiger partial charge in [-0.3, -0.25) is 14.6 Å². The highest BCUT2D eigenvalue weighted by atomic mass is 32.1. The summed E-state index contributed by atoms with van der Waals surface area (Å²) in [6.45, 7) is 6.80. The van der Waals surface area contributed by atoms with E-state index in [2.05, 4.69) is 28.5 Å². The lowest BCUT2D eigenvalue weighted by atomic mass is 9.92. The third-order valence-corrected chi connectivity index (χ3v) is 6.79. The van der Waals surface area contributed by atoms with E-state index in [1.54, 1.807) is 0 Å². The van der Waals surface area contributed by atoms with Gasteiger partial charge in [-0.1, -0.05) is 24.3 Å². The van der Waals surface area contributed by atoms with Crippen LogP contribution in [-0.4, -0.2) is 34.8 Å². The number of carbonyl (C=O) groups excluding carboxylic acids is 2. The van der Waals surface area contributed by atoms with Crippen LogP contribution < -0.4 is 5.32 Å². The third kappa shape index (κ3) is 3.90. The molecule has 150 valence electrons. The number of piperidine rings is 1. The fourth-order valence-electron chi connectivity index (χ4n) is 4.02. The number of nitrogens with one attached hydrogen (secondary N) is 1. The normalized spacial score (nSPS) is 16.8. The number of anilines is 1. The third-order valence-electron chi connectivity index (χ3n) is 5.67. The number of hydrogen-bond donors (Lipinski definition) is 1. The number of hydrogen-bond acceptors (Lipinski definition) is 4. The summed E-state index contributed by atoms with van der Waals surface area (Å²) in [4.78, 5) is 32.6. The second-order valence-electron chi connectivity index (χ2n) is 7.72. The molecule has 0 bridgehead atoms. The van der Waals surface area contributed by atoms with Crippen LogP contribution in [0.5, 0.6) is 0 Å². The Hall–Kier alpha value is -2.73. The maximum Gasteiger partial charge on any atom is 0.257 e. The van der Waals surface area contributed by atoms with Crippen molar-refractivity contribution in [3.05, 3.63) is 58.2 Å². The van der Waals surface area contributed by atoms with E-state index in [-0.39, 0.29) is 17.7 Å². The van der Waals surface area contributed by atoms with Crippen LogP contribution >= 0.6 is 11.3 Å². The molecule has 29 heavy (non-hydrogen) atoms. The summed E-state index contributed by atoms with van der Waals surface area (Å²) in [6.07, 6.45) is 3.89. The van der Waals surface area contributed by atoms with Gasteiger partial charge in [0.15, 0.2) is 0 Å². The molecule has 3 aromatic rings. The fourth-order valence-corrected chi connectivity index (χ4v) is 5.12. The van der Waals surface area contributed by atoms with Gasteiger partial charge in [0.05, 0.1) is 5.56 Å². The van der Waals surface area contributed by atoms with Crippen molar-refractivity contribution in [1.29, 1.82) is 0 Å². The first kappa shape index (κ1) is 19.6. The second-order valence-corrected chi connectivity index (χ2v) is 8.94. The smallest absolute Gasteiger partial charge is 0.257 e. The predicted octanol–water partition coefficient (Wildman–Crippen LogP) is 4.89. The van der Waals surface area contributed by atoms with Crippen LogP contribution in [0.2, 0.25) is 0 Å². The molecule has 0 saturated carbocycles. The van der Waals surface area contributed by atoms with Crippen LogP contribution in [0, 0.1) is 13.8 Å². The molecule has 1 unspecified atom stereocenters. The van der Waals surface area contributed by atoms with Gasteiger partial charge in [-0.2, -0.15) is 0 Å². The Morgan fingerprint density at radius 1 is 1.21 bits per heavy atom. The van der Waals surface area contributed by atoms with Crippen molar-refractivity contribution < 1.29 is 9.59 Å². The van der Waals surface area contributed by atoms with Crippen molar-refractivity contribution in [2.45, 2.75) is 39.5 Å². The van der Waals surface area contributed by atoms with Crippen molar-refractivity contribution in [2.75, 3.05) is 18.4 Å². The van der Waals surface area contributed by atoms with Crippen LogP contribution in [-0.2, 0) is 4.79 Å². The monoisotopic (exact) mass is 407 g/mol. The average molecular weight is 408 g/mol. The number of aromatic nitrogens is 1. The van der Waals surface area contributed by atoms with Gasteiger partial charge in [0, 0.05) is 48.1 Å². The lowest BCUT2D eigenvalue weighted by Crippen LogP contribution is -2.39. The molecule has 0 radical (unpaired) electrons. The van der Waals surface area contributed by atoms with Crippen LogP contribution in [0.25, 0.3) is 10.8 Å². The molecule has 0 spiro atoms. The summed E-state index contributed by atoms with van der Waals surface area (Å²) in [7, 11) is 0. The van der Waals surface area contributed by atoms with Gasteiger partial charge < -0.3 is 10.2 Å². The maximum atomic E-state index is 13.4. The quantitative estimate of drug-likeness (QED) is 0.672. The van der Waals surface area contributed by atoms with Crippen molar-refractivity contribution in [2.24, 2.45) is 0 Å². The zero-order valence-corrected chi connectivity index (χ0v) is 17.8. The van der Waals surface area contributed by atoms with Crippen molar-refractivity contribution in [3.63, 3.8) is 0 Å². The molecule has 3 heterocycles. The van der Waals surface area contributed by atoms with E-state index in [0.717, 1.165) is 40.9 Å². The zero-order chi connectivity index (χ0) is 20.5. The fraction of sp³-hybridized carbons (Fsp3) is 0.348. The summed E-state index contributed by atoms with van der Waals surface area (Å²) < 4.78 is 0. The number of thiophene rings is 1. The Labute approximate surface area is 174 Å². The van der Waals surface area contributed by atoms with E-state index in [1.165, 1.54) is 23.6 Å². The molecule has 1 aromatic carbocycles. The van der Waals surface area contributed by atoms with Gasteiger partial charge in [-0.25, -0.2) is 0 Å². The summed E-state index contributed by atoms with van der Waals surface area (Å²) in [6, 6.07) is 10.4. The van der Waals surface area contributed by atoms with Gasteiger partial charge in [0.1, 0.15) is 5.00 Å². The van der Waals surface area contributed by atoms with E-state index in [9.17, 15) is 9.59 Å². The standard InChI is InChI=1S/C23H25N3O2S/c1-14-15(2)29-22(25-16(3)27)21(14)23(28)26-10-6-9-19(13-26)20-11-17-7-4-5-8-18(17)12-24-20/h4-5,7-8,11-12,19H,6,9-10,13H2,1-3H3,(H,25,27). The maximum absolute atomic E-state index is 13.4. The molecule has 1 N–H and O–H groups in total. The van der Waals surface area contributed by atoms with Crippen molar-refractivity contribution in [3.8, 4) is 0 Å². The minimum absolute atomic E-state index is 0.00101. The molecular weight excluding hydrogens is 382 g/mol. The Bertz CT molecular complexity index is 1090. The van der Waals surface area contributed by atoms with E-state index < -0.39 is 0 Å². The number of rotatable bonds is 3. The SMILES string of the molecule is CC(=O)Nc1sc(C)c(C)c1C(=O)N1CCCC(c2cc3ccccc3cn2)C1. The lowest BCUT2D eigenvalue weighted by molar-refractivity contribution is -0.114. The number of benzene rings is 1. The minimum Gasteiger partial charge on any atom is -0.338 e. The highest BCUT2D eigenvalue weighted by Gasteiger charge is 2.30. The van der Waals surface area contributed by atoms with Gasteiger partial charge in [0.25, 0.3) is 5.91 Å². The second kappa shape index (κ2) is 7.95. The number of nitrogens with zero attached hydrogens (tertiary/aromatic N) is 2. The molecule has 1 saturated heterocycles. The van der Waals surface area contributed by atoms with Gasteiger partial charge >= 0.3 is 0 Å². The molecule has 4 rings (SSSR count). The van der Waals surface area contributed by atoms with Crippen molar-refractivity contribution in [1.82, 2.24) is 9.88 Å². The first-order valence-corrected chi connectivity index (χ1v) is 10.8. The highest BCUT2D eigenvalue weighted by Crippen LogP contribution is 2.35. The average Bonchev–Trinajstić information content (AvgIpc) is 2.99. The summed E-state index contributed by atoms with van der Waals surface area (Å²) in [5, 5.41) is 5.80. The number of amides is 2. The van der Waals surface area contributed by atoms with E-state index in [1.807, 2.05) is 37.1 Å². The number of pyridine rings is 1. The molecule has 2 aromatic heterocycles. The summed E-state index contributed by atoms with van der Waals surface area (Å²) in [5.41, 5.74) is 2.63. The minimum atomic E-state index is -0.155. The first-order valence-electron chi connectivity index (χ1n) is 9.95. The largest absolute Gasteiger partial charge is 0.338 e. The predicted molar refractivity (Wildman–Crippen MR) is 118 cm³/mol. The zero-order valence-electron chi connectivity index (χ0n) is 17.0. The van der Waals surface area contributed by atoms with E-state index in [4.69, 9.17) is 0 Å². The molecule has 0 aliphatic carbocycles. The highest BCUT2D eigenvalue weighted by molar-refractivity contribution is 7.16. The topological polar surface area (TPSA) is 62.3 Å². The number of likely N-dealkylation sites (tertiary alicyclic amines) is 1.